The molecular formula is C25H30FN5O. The number of rotatable bonds is 3. The van der Waals surface area contributed by atoms with E-state index in [0.29, 0.717) is 23.6 Å². The average molecular weight is 436 g/mol. The van der Waals surface area contributed by atoms with E-state index in [1.54, 1.807) is 19.1 Å². The molecule has 1 amide bonds. The molecule has 32 heavy (non-hydrogen) atoms. The van der Waals surface area contributed by atoms with Crippen molar-refractivity contribution in [1.29, 1.82) is 0 Å². The van der Waals surface area contributed by atoms with Crippen LogP contribution in [-0.4, -0.2) is 45.0 Å². The zero-order valence-electron chi connectivity index (χ0n) is 19.0. The van der Waals surface area contributed by atoms with Crippen molar-refractivity contribution in [2.45, 2.75) is 52.5 Å². The van der Waals surface area contributed by atoms with Crippen LogP contribution in [0.5, 0.6) is 0 Å². The molecule has 0 bridgehead atoms. The van der Waals surface area contributed by atoms with Gasteiger partial charge in [-0.25, -0.2) is 13.9 Å². The molecule has 6 nitrogen and oxygen atoms in total. The largest absolute Gasteiger partial charge is 0.356 e. The molecule has 2 aromatic heterocycles. The second-order valence-corrected chi connectivity index (χ2v) is 9.43. The van der Waals surface area contributed by atoms with Crippen molar-refractivity contribution in [3.63, 3.8) is 0 Å². The smallest absolute Gasteiger partial charge is 0.254 e. The molecule has 1 aromatic carbocycles. The Kier molecular flexibility index (Phi) is 5.35. The van der Waals surface area contributed by atoms with Crippen molar-refractivity contribution in [3.05, 3.63) is 58.7 Å². The number of anilines is 1. The summed E-state index contributed by atoms with van der Waals surface area (Å²) in [5, 5.41) is 4.82. The van der Waals surface area contributed by atoms with Crippen LogP contribution < -0.4 is 4.90 Å². The van der Waals surface area contributed by atoms with Gasteiger partial charge in [-0.3, -0.25) is 4.79 Å². The van der Waals surface area contributed by atoms with Gasteiger partial charge in [0.05, 0.1) is 11.7 Å². The fourth-order valence-corrected chi connectivity index (χ4v) is 5.06. The summed E-state index contributed by atoms with van der Waals surface area (Å²) in [6.45, 7) is 8.80. The van der Waals surface area contributed by atoms with E-state index >= 15 is 0 Å². The van der Waals surface area contributed by atoms with Crippen LogP contribution in [0.25, 0.3) is 5.65 Å². The molecule has 168 valence electrons. The number of carbonyl (C=O) groups is 1. The highest BCUT2D eigenvalue weighted by Gasteiger charge is 2.31. The van der Waals surface area contributed by atoms with Crippen LogP contribution >= 0.6 is 0 Å². The number of likely N-dealkylation sites (tertiary alicyclic amines) is 1. The second kappa shape index (κ2) is 8.19. The Morgan fingerprint density at radius 2 is 1.94 bits per heavy atom. The average Bonchev–Trinajstić information content (AvgIpc) is 3.40. The highest BCUT2D eigenvalue weighted by molar-refractivity contribution is 5.94. The number of hydrogen-bond donors (Lipinski definition) is 0. The first-order valence-electron chi connectivity index (χ1n) is 11.6. The SMILES string of the molecule is Cc1cc(C(=O)N2CCCC[C@H]2c2cc3nc(N4CC[C@H](C)C4)c(C)cn3n2)ccc1F. The van der Waals surface area contributed by atoms with Crippen molar-refractivity contribution in [2.24, 2.45) is 5.92 Å². The summed E-state index contributed by atoms with van der Waals surface area (Å²) >= 11 is 0. The van der Waals surface area contributed by atoms with Gasteiger partial charge in [0.2, 0.25) is 0 Å². The van der Waals surface area contributed by atoms with Gasteiger partial charge in [0.1, 0.15) is 11.6 Å². The van der Waals surface area contributed by atoms with E-state index in [2.05, 4.69) is 18.7 Å². The summed E-state index contributed by atoms with van der Waals surface area (Å²) in [7, 11) is 0. The third-order valence-electron chi connectivity index (χ3n) is 6.86. The first-order valence-corrected chi connectivity index (χ1v) is 11.6. The normalized spacial score (nSPS) is 21.5. The molecule has 7 heteroatoms. The summed E-state index contributed by atoms with van der Waals surface area (Å²) in [6.07, 6.45) is 6.12. The molecule has 2 saturated heterocycles. The fourth-order valence-electron chi connectivity index (χ4n) is 5.06. The number of amides is 1. The van der Waals surface area contributed by atoms with Crippen LogP contribution in [0.1, 0.15) is 65.8 Å². The first kappa shape index (κ1) is 20.9. The van der Waals surface area contributed by atoms with Gasteiger partial charge >= 0.3 is 0 Å². The highest BCUT2D eigenvalue weighted by Crippen LogP contribution is 2.33. The number of carbonyl (C=O) groups excluding carboxylic acids is 1. The van der Waals surface area contributed by atoms with Crippen molar-refractivity contribution in [1.82, 2.24) is 19.5 Å². The standard InChI is InChI=1S/C25H30FN5O/c1-16-9-11-29(14-16)24-18(3)15-31-23(27-24)13-21(28-31)22-6-4-5-10-30(22)25(32)19-7-8-20(26)17(2)12-19/h7-8,12-13,15-16,22H,4-6,9-11,14H2,1-3H3/t16-,22-/m0/s1. The van der Waals surface area contributed by atoms with Crippen molar-refractivity contribution >= 4 is 17.4 Å². The number of halogens is 1. The number of benzene rings is 1. The Morgan fingerprint density at radius 1 is 1.09 bits per heavy atom. The van der Waals surface area contributed by atoms with E-state index in [1.807, 2.05) is 21.7 Å². The maximum absolute atomic E-state index is 13.7. The zero-order valence-corrected chi connectivity index (χ0v) is 19.0. The van der Waals surface area contributed by atoms with Gasteiger partial charge in [0.15, 0.2) is 5.65 Å². The summed E-state index contributed by atoms with van der Waals surface area (Å²) in [4.78, 5) is 22.5. The molecule has 5 rings (SSSR count). The van der Waals surface area contributed by atoms with E-state index < -0.39 is 0 Å². The molecule has 2 aliphatic heterocycles. The van der Waals surface area contributed by atoms with Crippen LogP contribution in [0.15, 0.2) is 30.5 Å². The zero-order chi connectivity index (χ0) is 22.4. The Morgan fingerprint density at radius 3 is 2.69 bits per heavy atom. The molecule has 0 unspecified atom stereocenters. The van der Waals surface area contributed by atoms with Gasteiger partial charge in [-0.2, -0.15) is 5.10 Å². The van der Waals surface area contributed by atoms with Gasteiger partial charge in [-0.05, 0) is 69.2 Å². The second-order valence-electron chi connectivity index (χ2n) is 9.43. The third-order valence-corrected chi connectivity index (χ3v) is 6.86. The number of aromatic nitrogens is 3. The van der Waals surface area contributed by atoms with Gasteiger partial charge in [-0.1, -0.05) is 6.92 Å². The minimum atomic E-state index is -0.290. The lowest BCUT2D eigenvalue weighted by Gasteiger charge is -2.34. The highest BCUT2D eigenvalue weighted by atomic mass is 19.1. The van der Waals surface area contributed by atoms with E-state index in [4.69, 9.17) is 10.1 Å². The Hall–Kier alpha value is -2.96. The van der Waals surface area contributed by atoms with Crippen LogP contribution in [0.4, 0.5) is 10.2 Å². The number of nitrogens with zero attached hydrogens (tertiary/aromatic N) is 5. The molecule has 2 fully saturated rings. The topological polar surface area (TPSA) is 53.7 Å². The van der Waals surface area contributed by atoms with Crippen LogP contribution in [-0.2, 0) is 0 Å². The summed E-state index contributed by atoms with van der Waals surface area (Å²) < 4.78 is 15.6. The molecular weight excluding hydrogens is 405 g/mol. The number of piperidine rings is 1. The van der Waals surface area contributed by atoms with Crippen LogP contribution in [0.3, 0.4) is 0 Å². The van der Waals surface area contributed by atoms with Gasteiger partial charge in [0, 0.05) is 43.0 Å². The molecule has 2 atom stereocenters. The van der Waals surface area contributed by atoms with Crippen molar-refractivity contribution < 1.29 is 9.18 Å². The van der Waals surface area contributed by atoms with E-state index in [-0.39, 0.29) is 17.8 Å². The van der Waals surface area contributed by atoms with Gasteiger partial charge < -0.3 is 9.80 Å². The number of fused-ring (bicyclic) bond motifs is 1. The maximum Gasteiger partial charge on any atom is 0.254 e. The molecule has 0 radical (unpaired) electrons. The fraction of sp³-hybridized carbons (Fsp3) is 0.480. The monoisotopic (exact) mass is 435 g/mol. The Bertz CT molecular complexity index is 1170. The summed E-state index contributed by atoms with van der Waals surface area (Å²) in [5.74, 6) is 1.36. The van der Waals surface area contributed by atoms with E-state index in [9.17, 15) is 9.18 Å². The minimum Gasteiger partial charge on any atom is -0.356 e. The minimum absolute atomic E-state index is 0.0641. The lowest BCUT2D eigenvalue weighted by molar-refractivity contribution is 0.0605. The van der Waals surface area contributed by atoms with Gasteiger partial charge in [0.25, 0.3) is 5.91 Å². The molecule has 0 spiro atoms. The number of hydrogen-bond acceptors (Lipinski definition) is 4. The maximum atomic E-state index is 13.7. The van der Waals surface area contributed by atoms with Crippen LogP contribution in [0, 0.1) is 25.6 Å². The molecule has 2 aliphatic rings. The molecule has 4 heterocycles. The van der Waals surface area contributed by atoms with Crippen molar-refractivity contribution in [2.75, 3.05) is 24.5 Å². The lowest BCUT2D eigenvalue weighted by atomic mass is 9.98. The molecule has 3 aromatic rings. The predicted molar refractivity (Wildman–Crippen MR) is 122 cm³/mol. The summed E-state index contributed by atoms with van der Waals surface area (Å²) in [5.41, 5.74) is 3.81. The first-order chi connectivity index (χ1) is 15.4. The molecule has 0 N–H and O–H groups in total. The lowest BCUT2D eigenvalue weighted by Crippen LogP contribution is -2.38. The van der Waals surface area contributed by atoms with E-state index in [0.717, 1.165) is 55.1 Å². The van der Waals surface area contributed by atoms with Gasteiger partial charge in [-0.15, -0.1) is 0 Å². The van der Waals surface area contributed by atoms with Crippen LogP contribution in [0.2, 0.25) is 0 Å². The van der Waals surface area contributed by atoms with E-state index in [1.165, 1.54) is 12.5 Å². The van der Waals surface area contributed by atoms with Crippen molar-refractivity contribution in [3.8, 4) is 0 Å². The third kappa shape index (κ3) is 3.74. The predicted octanol–water partition coefficient (Wildman–Crippen LogP) is 4.70. The molecule has 0 saturated carbocycles. The Balaban J connectivity index is 1.47. The Labute approximate surface area is 188 Å². The molecule has 0 aliphatic carbocycles. The number of aryl methyl sites for hydroxylation is 2. The quantitative estimate of drug-likeness (QED) is 0.599. The summed E-state index contributed by atoms with van der Waals surface area (Å²) in [6, 6.07) is 6.52.